The second kappa shape index (κ2) is 7.03. The third-order valence-electron chi connectivity index (χ3n) is 4.93. The highest BCUT2D eigenvalue weighted by Gasteiger charge is 2.30. The Morgan fingerprint density at radius 1 is 1.21 bits per heavy atom. The van der Waals surface area contributed by atoms with E-state index in [1.807, 2.05) is 18.2 Å². The zero-order valence-electron chi connectivity index (χ0n) is 13.8. The molecule has 0 saturated carbocycles. The van der Waals surface area contributed by atoms with Crippen molar-refractivity contribution >= 4 is 23.8 Å². The quantitative estimate of drug-likeness (QED) is 0.671. The van der Waals surface area contributed by atoms with Gasteiger partial charge in [0, 0.05) is 42.7 Å². The van der Waals surface area contributed by atoms with Crippen LogP contribution in [0.25, 0.3) is 0 Å². The summed E-state index contributed by atoms with van der Waals surface area (Å²) < 4.78 is 5.50. The maximum absolute atomic E-state index is 12.1. The number of imide groups is 1. The second-order valence-electron chi connectivity index (χ2n) is 6.39. The Labute approximate surface area is 141 Å². The van der Waals surface area contributed by atoms with E-state index < -0.39 is 0 Å². The number of aldehydes is 1. The van der Waals surface area contributed by atoms with E-state index in [2.05, 4.69) is 10.2 Å². The lowest BCUT2D eigenvalue weighted by Gasteiger charge is -2.32. The van der Waals surface area contributed by atoms with Crippen LogP contribution in [0.2, 0.25) is 0 Å². The minimum Gasteiger partial charge on any atom is -0.496 e. The molecule has 24 heavy (non-hydrogen) atoms. The number of nitrogens with one attached hydrogen (secondary N) is 1. The van der Waals surface area contributed by atoms with Crippen LogP contribution in [0.15, 0.2) is 18.2 Å². The van der Waals surface area contributed by atoms with E-state index in [4.69, 9.17) is 4.74 Å². The topological polar surface area (TPSA) is 75.7 Å². The van der Waals surface area contributed by atoms with Gasteiger partial charge < -0.3 is 14.4 Å². The number of anilines is 1. The number of rotatable bonds is 4. The maximum Gasteiger partial charge on any atom is 0.234 e. The van der Waals surface area contributed by atoms with Crippen LogP contribution in [0.5, 0.6) is 5.75 Å². The van der Waals surface area contributed by atoms with Crippen molar-refractivity contribution in [2.45, 2.75) is 31.6 Å². The number of benzene rings is 1. The normalized spacial score (nSPS) is 22.2. The van der Waals surface area contributed by atoms with E-state index in [1.54, 1.807) is 7.11 Å². The smallest absolute Gasteiger partial charge is 0.234 e. The summed E-state index contributed by atoms with van der Waals surface area (Å²) in [7, 11) is 1.59. The Hall–Kier alpha value is -2.37. The predicted molar refractivity (Wildman–Crippen MR) is 89.1 cm³/mol. The van der Waals surface area contributed by atoms with Crippen LogP contribution in [-0.2, 0) is 14.4 Å². The first-order chi connectivity index (χ1) is 11.6. The summed E-state index contributed by atoms with van der Waals surface area (Å²) in [5.41, 5.74) is 1.85. The minimum absolute atomic E-state index is 0.158. The van der Waals surface area contributed by atoms with E-state index in [1.165, 1.54) is 0 Å². The first kappa shape index (κ1) is 16.5. The number of hydrogen-bond acceptors (Lipinski definition) is 5. The number of amides is 2. The molecule has 1 atom stereocenters. The van der Waals surface area contributed by atoms with Gasteiger partial charge in [-0.1, -0.05) is 6.07 Å². The van der Waals surface area contributed by atoms with Gasteiger partial charge in [0.2, 0.25) is 11.8 Å². The monoisotopic (exact) mass is 330 g/mol. The van der Waals surface area contributed by atoms with Crippen LogP contribution in [0.4, 0.5) is 5.69 Å². The van der Waals surface area contributed by atoms with Gasteiger partial charge in [-0.25, -0.2) is 0 Å². The summed E-state index contributed by atoms with van der Waals surface area (Å²) >= 11 is 0. The average molecular weight is 330 g/mol. The lowest BCUT2D eigenvalue weighted by molar-refractivity contribution is -0.134. The fourth-order valence-electron chi connectivity index (χ4n) is 3.47. The first-order valence-corrected chi connectivity index (χ1v) is 8.34. The van der Waals surface area contributed by atoms with E-state index in [0.29, 0.717) is 18.6 Å². The van der Waals surface area contributed by atoms with E-state index in [9.17, 15) is 14.4 Å². The van der Waals surface area contributed by atoms with E-state index >= 15 is 0 Å². The standard InChI is InChI=1S/C18H22N2O4/c1-24-16-10-13(20-8-6-12(11-21)7-9-20)2-3-14(16)15-4-5-17(22)19-18(15)23/h2-3,10-12,15H,4-9H2,1H3,(H,19,22,23). The fourth-order valence-corrected chi connectivity index (χ4v) is 3.47. The molecular formula is C18H22N2O4. The molecule has 1 aromatic carbocycles. The van der Waals surface area contributed by atoms with Crippen LogP contribution >= 0.6 is 0 Å². The Balaban J connectivity index is 1.79. The predicted octanol–water partition coefficient (Wildman–Crippen LogP) is 1.63. The summed E-state index contributed by atoms with van der Waals surface area (Å²) in [6, 6.07) is 5.85. The Kier molecular flexibility index (Phi) is 4.83. The summed E-state index contributed by atoms with van der Waals surface area (Å²) in [6.45, 7) is 1.68. The molecule has 3 rings (SSSR count). The summed E-state index contributed by atoms with van der Waals surface area (Å²) in [5.74, 6) is -0.00752. The molecule has 0 spiro atoms. The number of methoxy groups -OCH3 is 1. The molecular weight excluding hydrogens is 308 g/mol. The molecule has 2 amide bonds. The SMILES string of the molecule is COc1cc(N2CCC(C=O)CC2)ccc1C1CCC(=O)NC1=O. The van der Waals surface area contributed by atoms with E-state index in [-0.39, 0.29) is 23.7 Å². The molecule has 0 radical (unpaired) electrons. The van der Waals surface area contributed by atoms with Gasteiger partial charge in [-0.15, -0.1) is 0 Å². The summed E-state index contributed by atoms with van der Waals surface area (Å²) in [4.78, 5) is 36.5. The van der Waals surface area contributed by atoms with Gasteiger partial charge >= 0.3 is 0 Å². The van der Waals surface area contributed by atoms with Crippen LogP contribution in [0.1, 0.15) is 37.2 Å². The molecule has 6 nitrogen and oxygen atoms in total. The van der Waals surface area contributed by atoms with Crippen molar-refractivity contribution in [3.05, 3.63) is 23.8 Å². The molecule has 2 aliphatic heterocycles. The average Bonchev–Trinajstić information content (AvgIpc) is 2.61. The van der Waals surface area contributed by atoms with Gasteiger partial charge in [0.05, 0.1) is 13.0 Å². The van der Waals surface area contributed by atoms with Gasteiger partial charge in [0.15, 0.2) is 0 Å². The van der Waals surface area contributed by atoms with Crippen molar-refractivity contribution in [1.29, 1.82) is 0 Å². The minimum atomic E-state index is -0.354. The van der Waals surface area contributed by atoms with Crippen molar-refractivity contribution in [2.24, 2.45) is 5.92 Å². The highest BCUT2D eigenvalue weighted by Crippen LogP contribution is 2.35. The molecule has 6 heteroatoms. The highest BCUT2D eigenvalue weighted by molar-refractivity contribution is 6.01. The Morgan fingerprint density at radius 2 is 1.96 bits per heavy atom. The lowest BCUT2D eigenvalue weighted by Crippen LogP contribution is -2.39. The third-order valence-corrected chi connectivity index (χ3v) is 4.93. The molecule has 0 aromatic heterocycles. The van der Waals surface area contributed by atoms with Crippen molar-refractivity contribution < 1.29 is 19.1 Å². The number of piperidine rings is 2. The molecule has 1 N–H and O–H groups in total. The maximum atomic E-state index is 12.1. The van der Waals surface area contributed by atoms with E-state index in [0.717, 1.165) is 43.5 Å². The Morgan fingerprint density at radius 3 is 2.58 bits per heavy atom. The van der Waals surface area contributed by atoms with Crippen molar-refractivity contribution in [2.75, 3.05) is 25.1 Å². The number of carbonyl (C=O) groups excluding carboxylic acids is 3. The zero-order valence-corrected chi connectivity index (χ0v) is 13.8. The second-order valence-corrected chi connectivity index (χ2v) is 6.39. The first-order valence-electron chi connectivity index (χ1n) is 8.34. The molecule has 1 unspecified atom stereocenters. The number of hydrogen-bond donors (Lipinski definition) is 1. The summed E-state index contributed by atoms with van der Waals surface area (Å²) in [6.07, 6.45) is 3.62. The molecule has 2 saturated heterocycles. The van der Waals surface area contributed by atoms with Crippen LogP contribution in [0, 0.1) is 5.92 Å². The number of nitrogens with zero attached hydrogens (tertiary/aromatic N) is 1. The van der Waals surface area contributed by atoms with Crippen LogP contribution in [-0.4, -0.2) is 38.3 Å². The molecule has 2 heterocycles. The largest absolute Gasteiger partial charge is 0.496 e. The third kappa shape index (κ3) is 3.27. The lowest BCUT2D eigenvalue weighted by atomic mass is 9.89. The molecule has 0 aliphatic carbocycles. The number of ether oxygens (including phenoxy) is 1. The number of carbonyl (C=O) groups is 3. The highest BCUT2D eigenvalue weighted by atomic mass is 16.5. The molecule has 128 valence electrons. The van der Waals surface area contributed by atoms with Crippen LogP contribution < -0.4 is 15.0 Å². The van der Waals surface area contributed by atoms with Crippen LogP contribution in [0.3, 0.4) is 0 Å². The van der Waals surface area contributed by atoms with Gasteiger partial charge in [-0.05, 0) is 25.3 Å². The molecule has 2 aliphatic rings. The van der Waals surface area contributed by atoms with Crippen molar-refractivity contribution in [1.82, 2.24) is 5.32 Å². The van der Waals surface area contributed by atoms with Gasteiger partial charge in [0.25, 0.3) is 0 Å². The van der Waals surface area contributed by atoms with Gasteiger partial charge in [-0.3, -0.25) is 14.9 Å². The molecule has 2 fully saturated rings. The van der Waals surface area contributed by atoms with Gasteiger partial charge in [0.1, 0.15) is 12.0 Å². The molecule has 0 bridgehead atoms. The van der Waals surface area contributed by atoms with Gasteiger partial charge in [-0.2, -0.15) is 0 Å². The van der Waals surface area contributed by atoms with Crippen molar-refractivity contribution in [3.8, 4) is 5.75 Å². The van der Waals surface area contributed by atoms with Crippen molar-refractivity contribution in [3.63, 3.8) is 0 Å². The molecule has 1 aromatic rings. The fraction of sp³-hybridized carbons (Fsp3) is 0.500. The Bertz CT molecular complexity index is 650. The zero-order chi connectivity index (χ0) is 17.1. The summed E-state index contributed by atoms with van der Waals surface area (Å²) in [5, 5.41) is 2.39.